The normalized spacial score (nSPS) is 10.5. The van der Waals surface area contributed by atoms with Crippen LogP contribution in [-0.4, -0.2) is 32.4 Å². The molecule has 0 unspecified atom stereocenters. The van der Waals surface area contributed by atoms with E-state index in [2.05, 4.69) is 14.8 Å². The number of carbonyl (C=O) groups is 1. The van der Waals surface area contributed by atoms with Crippen LogP contribution in [0.4, 0.5) is 5.82 Å². The first-order valence-electron chi connectivity index (χ1n) is 4.98. The molecule has 0 fully saturated rings. The Morgan fingerprint density at radius 2 is 2.35 bits per heavy atom. The molecular weight excluding hydrogens is 222 g/mol. The summed E-state index contributed by atoms with van der Waals surface area (Å²) in [6.45, 7) is 0.518. The predicted octanol–water partition coefficient (Wildman–Crippen LogP) is 0.0337. The first-order chi connectivity index (χ1) is 8.11. The zero-order valence-electron chi connectivity index (χ0n) is 9.62. The SMILES string of the molecule is COC(=O)c1ncn(Cc2cnn(C)c2)c1N. The molecular formula is C10H13N5O2. The molecule has 0 radical (unpaired) electrons. The van der Waals surface area contributed by atoms with Crippen LogP contribution in [0.3, 0.4) is 0 Å². The van der Waals surface area contributed by atoms with Crippen molar-refractivity contribution in [2.75, 3.05) is 12.8 Å². The second-order valence-corrected chi connectivity index (χ2v) is 3.62. The highest BCUT2D eigenvalue weighted by Crippen LogP contribution is 2.13. The van der Waals surface area contributed by atoms with E-state index in [0.29, 0.717) is 12.4 Å². The lowest BCUT2D eigenvalue weighted by Gasteiger charge is -2.02. The molecule has 17 heavy (non-hydrogen) atoms. The van der Waals surface area contributed by atoms with Crippen LogP contribution in [0.5, 0.6) is 0 Å². The van der Waals surface area contributed by atoms with Gasteiger partial charge in [0.2, 0.25) is 0 Å². The number of imidazole rings is 1. The van der Waals surface area contributed by atoms with E-state index in [1.165, 1.54) is 13.4 Å². The van der Waals surface area contributed by atoms with Gasteiger partial charge in [0, 0.05) is 18.8 Å². The zero-order chi connectivity index (χ0) is 12.4. The third-order valence-electron chi connectivity index (χ3n) is 2.37. The Hall–Kier alpha value is -2.31. The largest absolute Gasteiger partial charge is 0.464 e. The lowest BCUT2D eigenvalue weighted by molar-refractivity contribution is 0.0596. The minimum atomic E-state index is -0.535. The average molecular weight is 235 g/mol. The van der Waals surface area contributed by atoms with Gasteiger partial charge >= 0.3 is 5.97 Å². The highest BCUT2D eigenvalue weighted by Gasteiger charge is 2.16. The Morgan fingerprint density at radius 1 is 1.59 bits per heavy atom. The number of methoxy groups -OCH3 is 1. The van der Waals surface area contributed by atoms with Crippen LogP contribution in [0, 0.1) is 0 Å². The summed E-state index contributed by atoms with van der Waals surface area (Å²) < 4.78 is 7.94. The highest BCUT2D eigenvalue weighted by molar-refractivity contribution is 5.92. The summed E-state index contributed by atoms with van der Waals surface area (Å²) in [4.78, 5) is 15.2. The van der Waals surface area contributed by atoms with E-state index in [1.807, 2.05) is 13.2 Å². The molecule has 2 aromatic heterocycles. The summed E-state index contributed by atoms with van der Waals surface area (Å²) in [5, 5.41) is 4.05. The molecule has 0 aromatic carbocycles. The molecule has 0 bridgehead atoms. The van der Waals surface area contributed by atoms with Gasteiger partial charge in [-0.2, -0.15) is 5.10 Å². The third-order valence-corrected chi connectivity index (χ3v) is 2.37. The number of anilines is 1. The number of aromatic nitrogens is 4. The number of rotatable bonds is 3. The molecule has 2 heterocycles. The zero-order valence-corrected chi connectivity index (χ0v) is 9.62. The van der Waals surface area contributed by atoms with Crippen molar-refractivity contribution in [3.8, 4) is 0 Å². The van der Waals surface area contributed by atoms with Gasteiger partial charge in [-0.1, -0.05) is 0 Å². The van der Waals surface area contributed by atoms with Crippen LogP contribution < -0.4 is 5.73 Å². The molecule has 90 valence electrons. The van der Waals surface area contributed by atoms with E-state index in [1.54, 1.807) is 15.4 Å². The molecule has 0 aliphatic heterocycles. The molecule has 0 aliphatic carbocycles. The molecule has 0 atom stereocenters. The highest BCUT2D eigenvalue weighted by atomic mass is 16.5. The van der Waals surface area contributed by atoms with Crippen LogP contribution in [-0.2, 0) is 18.3 Å². The Bertz CT molecular complexity index is 543. The van der Waals surface area contributed by atoms with Crippen LogP contribution in [0.1, 0.15) is 16.1 Å². The molecule has 2 aromatic rings. The topological polar surface area (TPSA) is 88.0 Å². The molecule has 0 saturated heterocycles. The van der Waals surface area contributed by atoms with E-state index in [9.17, 15) is 4.79 Å². The number of nitrogens with zero attached hydrogens (tertiary/aromatic N) is 4. The standard InChI is InChI=1S/C10H13N5O2/c1-14-4-7(3-13-14)5-15-6-12-8(9(15)11)10(16)17-2/h3-4,6H,5,11H2,1-2H3. The number of aryl methyl sites for hydroxylation is 1. The average Bonchev–Trinajstić information content (AvgIpc) is 2.87. The van der Waals surface area contributed by atoms with Gasteiger partial charge in [0.05, 0.1) is 26.2 Å². The van der Waals surface area contributed by atoms with Crippen molar-refractivity contribution in [3.05, 3.63) is 30.0 Å². The predicted molar refractivity (Wildman–Crippen MR) is 60.3 cm³/mol. The van der Waals surface area contributed by atoms with E-state index in [4.69, 9.17) is 5.73 Å². The summed E-state index contributed by atoms with van der Waals surface area (Å²) in [7, 11) is 3.13. The minimum absolute atomic E-state index is 0.136. The number of esters is 1. The van der Waals surface area contributed by atoms with Crippen LogP contribution in [0.2, 0.25) is 0 Å². The lowest BCUT2D eigenvalue weighted by atomic mass is 10.3. The maximum absolute atomic E-state index is 11.3. The minimum Gasteiger partial charge on any atom is -0.464 e. The molecule has 0 aliphatic rings. The van der Waals surface area contributed by atoms with Crippen molar-refractivity contribution < 1.29 is 9.53 Å². The summed E-state index contributed by atoms with van der Waals surface area (Å²) in [6.07, 6.45) is 5.11. The first-order valence-corrected chi connectivity index (χ1v) is 4.98. The molecule has 0 saturated carbocycles. The van der Waals surface area contributed by atoms with Gasteiger partial charge in [-0.25, -0.2) is 9.78 Å². The molecule has 7 nitrogen and oxygen atoms in total. The molecule has 0 amide bonds. The van der Waals surface area contributed by atoms with Crippen molar-refractivity contribution >= 4 is 11.8 Å². The molecule has 7 heteroatoms. The molecule has 2 N–H and O–H groups in total. The Balaban J connectivity index is 2.23. The summed E-state index contributed by atoms with van der Waals surface area (Å²) in [6, 6.07) is 0. The quantitative estimate of drug-likeness (QED) is 0.758. The number of hydrogen-bond donors (Lipinski definition) is 1. The number of nitrogen functional groups attached to an aromatic ring is 1. The van der Waals surface area contributed by atoms with Gasteiger partial charge in [0.25, 0.3) is 0 Å². The second kappa shape index (κ2) is 4.28. The fourth-order valence-corrected chi connectivity index (χ4v) is 1.52. The van der Waals surface area contributed by atoms with Crippen molar-refractivity contribution in [2.24, 2.45) is 7.05 Å². The van der Waals surface area contributed by atoms with Crippen LogP contribution >= 0.6 is 0 Å². The van der Waals surface area contributed by atoms with Gasteiger partial charge in [0.1, 0.15) is 5.82 Å². The van der Waals surface area contributed by atoms with Gasteiger partial charge in [0.15, 0.2) is 5.69 Å². The van der Waals surface area contributed by atoms with Crippen molar-refractivity contribution in [1.82, 2.24) is 19.3 Å². The van der Waals surface area contributed by atoms with E-state index in [-0.39, 0.29) is 5.69 Å². The maximum atomic E-state index is 11.3. The monoisotopic (exact) mass is 235 g/mol. The fraction of sp³-hybridized carbons (Fsp3) is 0.300. The fourth-order valence-electron chi connectivity index (χ4n) is 1.52. The van der Waals surface area contributed by atoms with Crippen LogP contribution in [0.15, 0.2) is 18.7 Å². The lowest BCUT2D eigenvalue weighted by Crippen LogP contribution is -2.08. The Labute approximate surface area is 97.8 Å². The van der Waals surface area contributed by atoms with Crippen LogP contribution in [0.25, 0.3) is 0 Å². The second-order valence-electron chi connectivity index (χ2n) is 3.62. The first kappa shape index (κ1) is 11.2. The summed E-state index contributed by atoms with van der Waals surface area (Å²) >= 11 is 0. The van der Waals surface area contributed by atoms with Gasteiger partial charge in [-0.3, -0.25) is 4.68 Å². The molecule has 0 spiro atoms. The van der Waals surface area contributed by atoms with E-state index < -0.39 is 5.97 Å². The number of nitrogens with two attached hydrogens (primary N) is 1. The number of ether oxygens (including phenoxy) is 1. The van der Waals surface area contributed by atoms with Crippen molar-refractivity contribution in [3.63, 3.8) is 0 Å². The van der Waals surface area contributed by atoms with E-state index >= 15 is 0 Å². The Morgan fingerprint density at radius 3 is 2.94 bits per heavy atom. The summed E-state index contributed by atoms with van der Waals surface area (Å²) in [5.74, 6) is -0.242. The smallest absolute Gasteiger partial charge is 0.360 e. The number of carbonyl (C=O) groups excluding carboxylic acids is 1. The van der Waals surface area contributed by atoms with E-state index in [0.717, 1.165) is 5.56 Å². The molecule has 2 rings (SSSR count). The van der Waals surface area contributed by atoms with Gasteiger partial charge < -0.3 is 15.0 Å². The Kier molecular flexibility index (Phi) is 2.82. The number of hydrogen-bond acceptors (Lipinski definition) is 5. The maximum Gasteiger partial charge on any atom is 0.360 e. The van der Waals surface area contributed by atoms with Crippen molar-refractivity contribution in [2.45, 2.75) is 6.54 Å². The van der Waals surface area contributed by atoms with Crippen molar-refractivity contribution in [1.29, 1.82) is 0 Å². The van der Waals surface area contributed by atoms with Gasteiger partial charge in [-0.15, -0.1) is 0 Å². The van der Waals surface area contributed by atoms with Gasteiger partial charge in [-0.05, 0) is 0 Å². The summed E-state index contributed by atoms with van der Waals surface area (Å²) in [5.41, 5.74) is 6.92. The third kappa shape index (κ3) is 2.12.